The van der Waals surface area contributed by atoms with Crippen LogP contribution in [-0.2, 0) is 19.1 Å². The molecular weight excluding hydrogens is 448 g/mol. The number of nitrogens with zero attached hydrogens (tertiary/aromatic N) is 1. The summed E-state index contributed by atoms with van der Waals surface area (Å²) in [5.74, 6) is -1.28. The van der Waals surface area contributed by atoms with Crippen molar-refractivity contribution < 1.29 is 23.9 Å². The summed E-state index contributed by atoms with van der Waals surface area (Å²) in [4.78, 5) is 53.0. The molecule has 1 aliphatic rings. The van der Waals surface area contributed by atoms with Gasteiger partial charge in [0.1, 0.15) is 17.7 Å². The third-order valence-electron chi connectivity index (χ3n) is 5.86. The highest BCUT2D eigenvalue weighted by atomic mass is 16.6. The van der Waals surface area contributed by atoms with Gasteiger partial charge in [0.15, 0.2) is 0 Å². The summed E-state index contributed by atoms with van der Waals surface area (Å²) in [7, 11) is 0. The molecular formula is C26H40N4O5. The Hall–Kier alpha value is -3.10. The number of benzene rings is 1. The summed E-state index contributed by atoms with van der Waals surface area (Å²) in [6.45, 7) is 7.71. The van der Waals surface area contributed by atoms with Gasteiger partial charge < -0.3 is 26.0 Å². The maximum atomic E-state index is 14.0. The molecule has 2 rings (SSSR count). The van der Waals surface area contributed by atoms with Crippen molar-refractivity contribution in [2.75, 3.05) is 6.54 Å². The zero-order chi connectivity index (χ0) is 26.0. The molecule has 4 N–H and O–H groups in total. The quantitative estimate of drug-likeness (QED) is 0.389. The molecule has 1 aromatic rings. The highest BCUT2D eigenvalue weighted by Crippen LogP contribution is 2.34. The zero-order valence-electron chi connectivity index (χ0n) is 21.3. The molecule has 0 bridgehead atoms. The molecule has 0 spiro atoms. The van der Waals surface area contributed by atoms with Crippen molar-refractivity contribution in [3.8, 4) is 0 Å². The molecule has 0 aromatic heterocycles. The third kappa shape index (κ3) is 8.88. The van der Waals surface area contributed by atoms with Crippen LogP contribution in [0.1, 0.15) is 84.2 Å². The molecule has 2 unspecified atom stereocenters. The number of nitrogens with one attached hydrogen (secondary N) is 2. The van der Waals surface area contributed by atoms with E-state index in [4.69, 9.17) is 10.5 Å². The minimum atomic E-state index is -1.06. The Morgan fingerprint density at radius 2 is 1.80 bits per heavy atom. The monoisotopic (exact) mass is 488 g/mol. The highest BCUT2D eigenvalue weighted by Gasteiger charge is 2.41. The summed E-state index contributed by atoms with van der Waals surface area (Å²) in [6, 6.07) is 7.08. The first-order valence-electron chi connectivity index (χ1n) is 12.5. The maximum Gasteiger partial charge on any atom is 0.408 e. The molecule has 9 nitrogen and oxygen atoms in total. The molecule has 1 aromatic carbocycles. The number of primary amides is 1. The molecule has 0 aliphatic heterocycles. The van der Waals surface area contributed by atoms with Crippen molar-refractivity contribution in [3.05, 3.63) is 35.9 Å². The van der Waals surface area contributed by atoms with E-state index >= 15 is 0 Å². The predicted molar refractivity (Wildman–Crippen MR) is 133 cm³/mol. The molecule has 194 valence electrons. The van der Waals surface area contributed by atoms with Gasteiger partial charge in [-0.3, -0.25) is 14.4 Å². The molecule has 0 radical (unpaired) electrons. The van der Waals surface area contributed by atoms with E-state index in [-0.39, 0.29) is 24.8 Å². The van der Waals surface area contributed by atoms with Gasteiger partial charge >= 0.3 is 6.09 Å². The molecule has 0 saturated heterocycles. The van der Waals surface area contributed by atoms with E-state index in [1.54, 1.807) is 25.7 Å². The minimum absolute atomic E-state index is 0.00952. The van der Waals surface area contributed by atoms with Crippen LogP contribution in [0, 0.1) is 0 Å². The Bertz CT molecular complexity index is 864. The first-order chi connectivity index (χ1) is 16.5. The molecule has 9 heteroatoms. The average molecular weight is 489 g/mol. The average Bonchev–Trinajstić information content (AvgIpc) is 2.74. The van der Waals surface area contributed by atoms with Crippen LogP contribution in [-0.4, -0.2) is 52.9 Å². The lowest BCUT2D eigenvalue weighted by atomic mass is 9.87. The first-order valence-corrected chi connectivity index (χ1v) is 12.5. The highest BCUT2D eigenvalue weighted by molar-refractivity contribution is 5.92. The number of carbonyl (C=O) groups is 4. The van der Waals surface area contributed by atoms with Crippen LogP contribution in [0.25, 0.3) is 0 Å². The van der Waals surface area contributed by atoms with Crippen LogP contribution in [0.15, 0.2) is 30.3 Å². The van der Waals surface area contributed by atoms with Crippen LogP contribution >= 0.6 is 0 Å². The molecule has 1 saturated carbocycles. The molecule has 1 fully saturated rings. The van der Waals surface area contributed by atoms with E-state index in [1.165, 1.54) is 0 Å². The number of unbranched alkanes of at least 4 members (excludes halogenated alkanes) is 1. The van der Waals surface area contributed by atoms with E-state index in [1.807, 2.05) is 37.3 Å². The smallest absolute Gasteiger partial charge is 0.408 e. The Balaban J connectivity index is 2.40. The summed E-state index contributed by atoms with van der Waals surface area (Å²) in [6.07, 6.45) is 3.36. The maximum absolute atomic E-state index is 14.0. The van der Waals surface area contributed by atoms with Crippen LogP contribution in [0.3, 0.4) is 0 Å². The van der Waals surface area contributed by atoms with Gasteiger partial charge in [-0.1, -0.05) is 43.7 Å². The van der Waals surface area contributed by atoms with Gasteiger partial charge in [-0.2, -0.15) is 0 Å². The number of amides is 4. The second kappa shape index (κ2) is 13.1. The summed E-state index contributed by atoms with van der Waals surface area (Å²) >= 11 is 0. The number of ether oxygens (including phenoxy) is 1. The van der Waals surface area contributed by atoms with Crippen LogP contribution in [0.4, 0.5) is 4.79 Å². The fourth-order valence-corrected chi connectivity index (χ4v) is 3.92. The molecule has 35 heavy (non-hydrogen) atoms. The Labute approximate surface area is 208 Å². The molecule has 0 heterocycles. The van der Waals surface area contributed by atoms with Crippen molar-refractivity contribution in [2.45, 2.75) is 96.4 Å². The van der Waals surface area contributed by atoms with Gasteiger partial charge in [-0.05, 0) is 58.4 Å². The molecule has 4 amide bonds. The number of alkyl carbamates (subject to hydrolysis) is 1. The predicted octanol–water partition coefficient (Wildman–Crippen LogP) is 3.18. The van der Waals surface area contributed by atoms with Crippen molar-refractivity contribution >= 4 is 23.8 Å². The summed E-state index contributed by atoms with van der Waals surface area (Å²) in [5.41, 5.74) is 5.27. The van der Waals surface area contributed by atoms with Gasteiger partial charge in [0.05, 0.1) is 0 Å². The van der Waals surface area contributed by atoms with E-state index in [9.17, 15) is 19.2 Å². The van der Waals surface area contributed by atoms with Crippen LogP contribution in [0.2, 0.25) is 0 Å². The lowest BCUT2D eigenvalue weighted by Gasteiger charge is -2.43. The van der Waals surface area contributed by atoms with E-state index < -0.39 is 35.6 Å². The largest absolute Gasteiger partial charge is 0.444 e. The van der Waals surface area contributed by atoms with Crippen molar-refractivity contribution in [3.63, 3.8) is 0 Å². The normalized spacial score (nSPS) is 15.3. The SMILES string of the molecule is CCCCNC(=O)C(c1ccccc1)N(C(=O)C(CCC(N)=O)NC(=O)OC(C)(C)C)C1CCC1. The second-order valence-corrected chi connectivity index (χ2v) is 9.99. The molecule has 2 atom stereocenters. The van der Waals surface area contributed by atoms with Crippen molar-refractivity contribution in [1.82, 2.24) is 15.5 Å². The number of hydrogen-bond donors (Lipinski definition) is 3. The number of carbonyl (C=O) groups excluding carboxylic acids is 4. The fraction of sp³-hybridized carbons (Fsp3) is 0.615. The van der Waals surface area contributed by atoms with Gasteiger partial charge in [0.2, 0.25) is 17.7 Å². The fourth-order valence-electron chi connectivity index (χ4n) is 3.92. The standard InChI is InChI=1S/C26H40N4O5/c1-5-6-17-28-23(32)22(18-11-8-7-9-12-18)30(19-13-10-14-19)24(33)20(15-16-21(27)31)29-25(34)35-26(2,3)4/h7-9,11-12,19-20,22H,5-6,10,13-17H2,1-4H3,(H2,27,31)(H,28,32)(H,29,34). The van der Waals surface area contributed by atoms with Crippen molar-refractivity contribution in [1.29, 1.82) is 0 Å². The van der Waals surface area contributed by atoms with E-state index in [0.717, 1.165) is 32.1 Å². The Morgan fingerprint density at radius 1 is 1.14 bits per heavy atom. The van der Waals surface area contributed by atoms with Crippen molar-refractivity contribution in [2.24, 2.45) is 5.73 Å². The van der Waals surface area contributed by atoms with Crippen LogP contribution < -0.4 is 16.4 Å². The van der Waals surface area contributed by atoms with Gasteiger partial charge in [0.25, 0.3) is 0 Å². The number of hydrogen-bond acceptors (Lipinski definition) is 5. The Kier molecular flexibility index (Phi) is 10.5. The van der Waals surface area contributed by atoms with Gasteiger partial charge in [0, 0.05) is 19.0 Å². The third-order valence-corrected chi connectivity index (χ3v) is 5.86. The van der Waals surface area contributed by atoms with E-state index in [2.05, 4.69) is 10.6 Å². The Morgan fingerprint density at radius 3 is 2.31 bits per heavy atom. The summed E-state index contributed by atoms with van der Waals surface area (Å²) < 4.78 is 5.35. The number of rotatable bonds is 12. The minimum Gasteiger partial charge on any atom is -0.444 e. The lowest BCUT2D eigenvalue weighted by molar-refractivity contribution is -0.147. The zero-order valence-corrected chi connectivity index (χ0v) is 21.3. The number of nitrogens with two attached hydrogens (primary N) is 1. The second-order valence-electron chi connectivity index (χ2n) is 9.99. The first kappa shape index (κ1) is 28.1. The van der Waals surface area contributed by atoms with Gasteiger partial charge in [-0.25, -0.2) is 4.79 Å². The topological polar surface area (TPSA) is 131 Å². The summed E-state index contributed by atoms with van der Waals surface area (Å²) in [5, 5.41) is 5.58. The van der Waals surface area contributed by atoms with Gasteiger partial charge in [-0.15, -0.1) is 0 Å². The van der Waals surface area contributed by atoms with Crippen LogP contribution in [0.5, 0.6) is 0 Å². The molecule has 1 aliphatic carbocycles. The van der Waals surface area contributed by atoms with E-state index in [0.29, 0.717) is 12.1 Å². The lowest BCUT2D eigenvalue weighted by Crippen LogP contribution is -2.57.